The van der Waals surface area contributed by atoms with Crippen LogP contribution in [-0.2, 0) is 32.1 Å². The number of nitrogens with zero attached hydrogens (tertiary/aromatic N) is 7. The van der Waals surface area contributed by atoms with Gasteiger partial charge in [-0.3, -0.25) is 28.6 Å². The first-order chi connectivity index (χ1) is 27.2. The molecule has 3 amide bonds. The monoisotopic (exact) mass is 793 g/mol. The summed E-state index contributed by atoms with van der Waals surface area (Å²) in [5.41, 5.74) is 2.05. The number of hydrogen-bond donors (Lipinski definition) is 3. The summed E-state index contributed by atoms with van der Waals surface area (Å²) in [7, 11) is 0. The first-order valence-corrected chi connectivity index (χ1v) is 18.8. The van der Waals surface area contributed by atoms with Gasteiger partial charge in [0.25, 0.3) is 5.56 Å². The normalized spacial score (nSPS) is 16.0. The second-order valence-corrected chi connectivity index (χ2v) is 14.2. The number of piperidine rings is 1. The van der Waals surface area contributed by atoms with Crippen molar-refractivity contribution in [1.82, 2.24) is 34.3 Å². The first-order valence-electron chi connectivity index (χ1n) is 18.8. The molecule has 3 N–H and O–H groups in total. The zero-order valence-electron chi connectivity index (χ0n) is 31.5. The summed E-state index contributed by atoms with van der Waals surface area (Å²) < 4.78 is 8.33. The Morgan fingerprint density at radius 1 is 0.965 bits per heavy atom. The third-order valence-electron chi connectivity index (χ3n) is 10.4. The number of para-hydroxylation sites is 1. The number of morpholine rings is 1. The molecule has 0 spiro atoms. The predicted molar refractivity (Wildman–Crippen MR) is 221 cm³/mol. The Morgan fingerprint density at radius 3 is 2.46 bits per heavy atom. The summed E-state index contributed by atoms with van der Waals surface area (Å²) in [6.45, 7) is 7.68. The highest BCUT2D eigenvalue weighted by Crippen LogP contribution is 2.30. The summed E-state index contributed by atoms with van der Waals surface area (Å²) in [5, 5.41) is 26.5. The van der Waals surface area contributed by atoms with Crippen LogP contribution in [0.4, 0.5) is 11.4 Å². The molecule has 57 heavy (non-hydrogen) atoms. The predicted octanol–water partition coefficient (Wildman–Crippen LogP) is 3.39. The Morgan fingerprint density at radius 2 is 1.70 bits per heavy atom. The summed E-state index contributed by atoms with van der Waals surface area (Å²) in [6.07, 6.45) is 5.50. The van der Waals surface area contributed by atoms with Gasteiger partial charge in [-0.1, -0.05) is 60.3 Å². The van der Waals surface area contributed by atoms with E-state index >= 15 is 0 Å². The first kappa shape index (κ1) is 41.0. The maximum absolute atomic E-state index is 14.3. The molecule has 1 atom stereocenters. The molecule has 298 valence electrons. The number of hydrogen-bond acceptors (Lipinski definition) is 10. The Hall–Kier alpha value is -5.68. The number of benzene rings is 3. The van der Waals surface area contributed by atoms with E-state index in [4.69, 9.17) is 4.74 Å². The minimum Gasteiger partial charge on any atom is -0.388 e. The molecule has 0 radical (unpaired) electrons. The van der Waals surface area contributed by atoms with E-state index < -0.39 is 11.6 Å². The standard InChI is InChI=1S/C41H45N9O6.H2S/c1-2-37(51)44-33-11-7-6-10-31(33)35-26-50(46-45-35)36(24-29-8-4-3-5-9-29)40(54)48-18-15-41(55,16-19-48)27-49-28-42-34-25-30(12-13-32(34)39(49)53)43-38(52)14-17-47-20-22-56-23-21-47;/h2-13,25-26,28,36,55H,1,14-24,27H2,(H,43,52)(H,44,51);1H2/t36-;/m0./s1. The molecule has 4 heterocycles. The summed E-state index contributed by atoms with van der Waals surface area (Å²) >= 11 is 0. The summed E-state index contributed by atoms with van der Waals surface area (Å²) in [5.74, 6) is -0.653. The maximum atomic E-state index is 14.3. The maximum Gasteiger partial charge on any atom is 0.261 e. The second kappa shape index (κ2) is 18.5. The number of ether oxygens (including phenoxy) is 1. The van der Waals surface area contributed by atoms with E-state index in [0.717, 1.165) is 18.7 Å². The minimum atomic E-state index is -1.25. The average Bonchev–Trinajstić information content (AvgIpc) is 3.71. The molecule has 0 bridgehead atoms. The number of amides is 3. The molecule has 16 heteroatoms. The van der Waals surface area contributed by atoms with Crippen LogP contribution in [0.1, 0.15) is 30.9 Å². The topological polar surface area (TPSA) is 177 Å². The fraction of sp³-hybridized carbons (Fsp3) is 0.341. The number of carbonyl (C=O) groups is 3. The van der Waals surface area contributed by atoms with Gasteiger partial charge in [-0.05, 0) is 48.7 Å². The fourth-order valence-corrected chi connectivity index (χ4v) is 7.17. The van der Waals surface area contributed by atoms with Crippen LogP contribution >= 0.6 is 13.5 Å². The van der Waals surface area contributed by atoms with E-state index in [-0.39, 0.29) is 69.3 Å². The lowest BCUT2D eigenvalue weighted by molar-refractivity contribution is -0.139. The minimum absolute atomic E-state index is 0. The quantitative estimate of drug-likeness (QED) is 0.150. The van der Waals surface area contributed by atoms with Crippen molar-refractivity contribution in [2.45, 2.75) is 43.9 Å². The van der Waals surface area contributed by atoms with E-state index in [9.17, 15) is 24.3 Å². The number of anilines is 2. The Bertz CT molecular complexity index is 2270. The number of carbonyl (C=O) groups excluding carboxylic acids is 3. The van der Waals surface area contributed by atoms with Gasteiger partial charge in [-0.25, -0.2) is 9.67 Å². The van der Waals surface area contributed by atoms with Crippen LogP contribution in [0, 0.1) is 0 Å². The van der Waals surface area contributed by atoms with E-state index in [0.29, 0.717) is 66.1 Å². The zero-order chi connectivity index (χ0) is 39.1. The van der Waals surface area contributed by atoms with Crippen molar-refractivity contribution in [3.8, 4) is 11.3 Å². The van der Waals surface area contributed by atoms with E-state index in [1.165, 1.54) is 17.0 Å². The molecule has 2 aliphatic rings. The molecule has 0 unspecified atom stereocenters. The molecule has 5 aromatic rings. The van der Waals surface area contributed by atoms with Crippen molar-refractivity contribution in [3.05, 3.63) is 114 Å². The van der Waals surface area contributed by atoms with E-state index in [1.807, 2.05) is 42.5 Å². The molecule has 2 aromatic heterocycles. The van der Waals surface area contributed by atoms with Gasteiger partial charge in [0.1, 0.15) is 11.7 Å². The van der Waals surface area contributed by atoms with Gasteiger partial charge >= 0.3 is 0 Å². The molecule has 7 rings (SSSR count). The molecule has 3 aromatic carbocycles. The van der Waals surface area contributed by atoms with Gasteiger partial charge < -0.3 is 25.4 Å². The molecule has 0 aliphatic carbocycles. The average molecular weight is 794 g/mol. The van der Waals surface area contributed by atoms with Crippen molar-refractivity contribution < 1.29 is 24.2 Å². The third-order valence-corrected chi connectivity index (χ3v) is 10.4. The zero-order valence-corrected chi connectivity index (χ0v) is 32.5. The van der Waals surface area contributed by atoms with Gasteiger partial charge in [0.05, 0.1) is 54.5 Å². The number of aromatic nitrogens is 5. The highest BCUT2D eigenvalue weighted by Gasteiger charge is 2.37. The van der Waals surface area contributed by atoms with E-state index in [1.54, 1.807) is 46.1 Å². The van der Waals surface area contributed by atoms with Crippen molar-refractivity contribution >= 4 is 53.5 Å². The molecule has 2 saturated heterocycles. The molecular weight excluding hydrogens is 747 g/mol. The lowest BCUT2D eigenvalue weighted by atomic mass is 9.90. The number of rotatable bonds is 13. The number of likely N-dealkylation sites (tertiary alicyclic amines) is 1. The SMILES string of the molecule is C=CC(=O)Nc1ccccc1-c1cn([C@@H](Cc2ccccc2)C(=O)N2CCC(O)(Cn3cnc4cc(NC(=O)CCN5CCOCC5)ccc4c3=O)CC2)nn1.S. The van der Waals surface area contributed by atoms with Crippen LogP contribution in [0.3, 0.4) is 0 Å². The van der Waals surface area contributed by atoms with Crippen LogP contribution < -0.4 is 16.2 Å². The van der Waals surface area contributed by atoms with Gasteiger partial charge in [0.2, 0.25) is 17.7 Å². The second-order valence-electron chi connectivity index (χ2n) is 14.2. The van der Waals surface area contributed by atoms with Crippen LogP contribution in [0.25, 0.3) is 22.2 Å². The van der Waals surface area contributed by atoms with Crippen molar-refractivity contribution in [2.24, 2.45) is 0 Å². The van der Waals surface area contributed by atoms with Crippen LogP contribution in [0.2, 0.25) is 0 Å². The van der Waals surface area contributed by atoms with Gasteiger partial charge in [-0.2, -0.15) is 13.5 Å². The van der Waals surface area contributed by atoms with Gasteiger partial charge in [-0.15, -0.1) is 5.10 Å². The van der Waals surface area contributed by atoms with Crippen molar-refractivity contribution in [1.29, 1.82) is 0 Å². The third kappa shape index (κ3) is 10.0. The van der Waals surface area contributed by atoms with Crippen LogP contribution in [0.5, 0.6) is 0 Å². The van der Waals surface area contributed by atoms with Gasteiger partial charge in [0.15, 0.2) is 0 Å². The molecule has 15 nitrogen and oxygen atoms in total. The highest BCUT2D eigenvalue weighted by atomic mass is 32.1. The Balaban J connectivity index is 0.00000549. The largest absolute Gasteiger partial charge is 0.388 e. The number of aliphatic hydroxyl groups is 1. The lowest BCUT2D eigenvalue weighted by Gasteiger charge is -2.39. The van der Waals surface area contributed by atoms with Crippen LogP contribution in [-0.4, -0.2) is 109 Å². The fourth-order valence-electron chi connectivity index (χ4n) is 7.17. The smallest absolute Gasteiger partial charge is 0.261 e. The van der Waals surface area contributed by atoms with E-state index in [2.05, 4.69) is 37.4 Å². The summed E-state index contributed by atoms with van der Waals surface area (Å²) in [4.78, 5) is 60.9. The molecule has 0 saturated carbocycles. The summed E-state index contributed by atoms with van der Waals surface area (Å²) in [6, 6.07) is 21.1. The molecule has 2 fully saturated rings. The highest BCUT2D eigenvalue weighted by molar-refractivity contribution is 7.59. The molecular formula is C41H47N9O6S. The number of nitrogens with one attached hydrogen (secondary N) is 2. The van der Waals surface area contributed by atoms with Crippen molar-refractivity contribution in [2.75, 3.05) is 56.6 Å². The van der Waals surface area contributed by atoms with Gasteiger partial charge in [0, 0.05) is 56.8 Å². The Kier molecular flexibility index (Phi) is 13.3. The lowest BCUT2D eigenvalue weighted by Crippen LogP contribution is -2.51. The van der Waals surface area contributed by atoms with Crippen LogP contribution in [0.15, 0.2) is 103 Å². The molecule has 2 aliphatic heterocycles. The number of fused-ring (bicyclic) bond motifs is 1. The Labute approximate surface area is 336 Å². The van der Waals surface area contributed by atoms with Crippen molar-refractivity contribution in [3.63, 3.8) is 0 Å².